The summed E-state index contributed by atoms with van der Waals surface area (Å²) in [7, 11) is 0. The Morgan fingerprint density at radius 3 is 2.61 bits per heavy atom. The van der Waals surface area contributed by atoms with Gasteiger partial charge < -0.3 is 0 Å². The number of hydrogen-bond donors (Lipinski definition) is 0. The van der Waals surface area contributed by atoms with Gasteiger partial charge in [0, 0.05) is 12.4 Å². The molecule has 0 fully saturated rings. The Hall–Kier alpha value is -0.500. The molecule has 1 aliphatic rings. The minimum atomic E-state index is 0.584. The zero-order chi connectivity index (χ0) is 13.1. The Labute approximate surface area is 116 Å². The number of hydrogen-bond acceptors (Lipinski definition) is 2. The molecule has 0 aliphatic carbocycles. The fourth-order valence-corrected chi connectivity index (χ4v) is 3.94. The Bertz CT molecular complexity index is 398. The number of fused-ring (bicyclic) bond motifs is 1. The van der Waals surface area contributed by atoms with E-state index in [-0.39, 0.29) is 0 Å². The Balaban J connectivity index is 2.51. The van der Waals surface area contributed by atoms with Gasteiger partial charge in [-0.1, -0.05) is 27.7 Å². The predicted molar refractivity (Wildman–Crippen MR) is 81.6 cm³/mol. The number of nitrogens with zero attached hydrogens (tertiary/aromatic N) is 1. The van der Waals surface area contributed by atoms with Crippen LogP contribution in [0.1, 0.15) is 62.6 Å². The summed E-state index contributed by atoms with van der Waals surface area (Å²) in [5.41, 5.74) is 4.63. The van der Waals surface area contributed by atoms with Crippen molar-refractivity contribution in [2.75, 3.05) is 11.5 Å². The molecular weight excluding hydrogens is 238 g/mol. The lowest BCUT2D eigenvalue weighted by Crippen LogP contribution is -2.17. The largest absolute Gasteiger partial charge is 0.264 e. The molecule has 0 radical (unpaired) electrons. The van der Waals surface area contributed by atoms with Crippen LogP contribution >= 0.6 is 11.8 Å². The molecule has 1 aliphatic heterocycles. The Morgan fingerprint density at radius 1 is 1.17 bits per heavy atom. The molecule has 2 heterocycles. The summed E-state index contributed by atoms with van der Waals surface area (Å²) >= 11 is 2.10. The highest BCUT2D eigenvalue weighted by atomic mass is 32.2. The van der Waals surface area contributed by atoms with E-state index in [2.05, 4.69) is 56.8 Å². The summed E-state index contributed by atoms with van der Waals surface area (Å²) in [6.45, 7) is 9.32. The van der Waals surface area contributed by atoms with E-state index in [4.69, 9.17) is 0 Å². The lowest BCUT2D eigenvalue weighted by Gasteiger charge is -2.29. The van der Waals surface area contributed by atoms with E-state index in [1.807, 2.05) is 0 Å². The number of rotatable bonds is 2. The van der Waals surface area contributed by atoms with E-state index in [0.29, 0.717) is 11.8 Å². The third-order valence-electron chi connectivity index (χ3n) is 3.99. The SMILES string of the molecule is CC(C)c1cncc2c1C(C(C)C)CCSCC2. The molecule has 2 rings (SSSR count). The van der Waals surface area contributed by atoms with Crippen LogP contribution in [-0.4, -0.2) is 16.5 Å². The second kappa shape index (κ2) is 6.10. The first-order chi connectivity index (χ1) is 8.61. The number of thioether (sulfide) groups is 1. The average molecular weight is 263 g/mol. The Kier molecular flexibility index (Phi) is 4.71. The molecule has 0 N–H and O–H groups in total. The highest BCUT2D eigenvalue weighted by Crippen LogP contribution is 2.38. The fraction of sp³-hybridized carbons (Fsp3) is 0.688. The highest BCUT2D eigenvalue weighted by molar-refractivity contribution is 7.99. The maximum atomic E-state index is 4.48. The van der Waals surface area contributed by atoms with Crippen LogP contribution in [-0.2, 0) is 6.42 Å². The molecule has 1 atom stereocenters. The number of pyridine rings is 1. The third-order valence-corrected chi connectivity index (χ3v) is 5.00. The molecule has 0 amide bonds. The first-order valence-electron chi connectivity index (χ1n) is 7.15. The van der Waals surface area contributed by atoms with E-state index >= 15 is 0 Å². The van der Waals surface area contributed by atoms with Crippen LogP contribution in [0, 0.1) is 5.92 Å². The van der Waals surface area contributed by atoms with Crippen LogP contribution in [0.2, 0.25) is 0 Å². The third kappa shape index (κ3) is 2.90. The van der Waals surface area contributed by atoms with E-state index in [9.17, 15) is 0 Å². The lowest BCUT2D eigenvalue weighted by atomic mass is 9.79. The van der Waals surface area contributed by atoms with Gasteiger partial charge in [0.2, 0.25) is 0 Å². The summed E-state index contributed by atoms with van der Waals surface area (Å²) in [5.74, 6) is 4.58. The van der Waals surface area contributed by atoms with Gasteiger partial charge in [-0.3, -0.25) is 4.98 Å². The van der Waals surface area contributed by atoms with Gasteiger partial charge in [0.05, 0.1) is 0 Å². The van der Waals surface area contributed by atoms with Crippen LogP contribution in [0.25, 0.3) is 0 Å². The van der Waals surface area contributed by atoms with Crippen molar-refractivity contribution in [2.45, 2.75) is 52.4 Å². The molecule has 1 nitrogen and oxygen atoms in total. The fourth-order valence-electron chi connectivity index (χ4n) is 2.95. The van der Waals surface area contributed by atoms with Gasteiger partial charge in [0.1, 0.15) is 0 Å². The van der Waals surface area contributed by atoms with E-state index in [1.54, 1.807) is 5.56 Å². The quantitative estimate of drug-likeness (QED) is 0.772. The molecular formula is C16H25NS. The lowest BCUT2D eigenvalue weighted by molar-refractivity contribution is 0.478. The molecule has 0 saturated heterocycles. The maximum absolute atomic E-state index is 4.48. The highest BCUT2D eigenvalue weighted by Gasteiger charge is 2.24. The smallest absolute Gasteiger partial charge is 0.0305 e. The van der Waals surface area contributed by atoms with Crippen molar-refractivity contribution in [2.24, 2.45) is 5.92 Å². The number of aryl methyl sites for hydroxylation is 1. The minimum Gasteiger partial charge on any atom is -0.264 e. The maximum Gasteiger partial charge on any atom is 0.0305 e. The zero-order valence-corrected chi connectivity index (χ0v) is 12.9. The van der Waals surface area contributed by atoms with Gasteiger partial charge in [-0.25, -0.2) is 0 Å². The van der Waals surface area contributed by atoms with Gasteiger partial charge in [-0.2, -0.15) is 11.8 Å². The van der Waals surface area contributed by atoms with Crippen molar-refractivity contribution in [3.63, 3.8) is 0 Å². The van der Waals surface area contributed by atoms with Crippen molar-refractivity contribution < 1.29 is 0 Å². The minimum absolute atomic E-state index is 0.584. The molecule has 1 unspecified atom stereocenters. The summed E-state index contributed by atoms with van der Waals surface area (Å²) in [6, 6.07) is 0. The molecule has 0 bridgehead atoms. The molecule has 18 heavy (non-hydrogen) atoms. The van der Waals surface area contributed by atoms with Gasteiger partial charge in [0.15, 0.2) is 0 Å². The second-order valence-corrected chi connectivity index (χ2v) is 7.18. The van der Waals surface area contributed by atoms with E-state index in [0.717, 1.165) is 5.92 Å². The normalized spacial score (nSPS) is 20.7. The first-order valence-corrected chi connectivity index (χ1v) is 8.31. The molecule has 100 valence electrons. The molecule has 1 aromatic heterocycles. The van der Waals surface area contributed by atoms with Crippen molar-refractivity contribution >= 4 is 11.8 Å². The summed E-state index contributed by atoms with van der Waals surface area (Å²) in [6.07, 6.45) is 6.73. The van der Waals surface area contributed by atoms with Crippen LogP contribution in [0.3, 0.4) is 0 Å². The molecule has 0 saturated carbocycles. The first kappa shape index (κ1) is 13.9. The number of aromatic nitrogens is 1. The summed E-state index contributed by atoms with van der Waals surface area (Å²) < 4.78 is 0. The van der Waals surface area contributed by atoms with Crippen LogP contribution in [0.4, 0.5) is 0 Å². The van der Waals surface area contributed by atoms with Crippen molar-refractivity contribution in [1.29, 1.82) is 0 Å². The van der Waals surface area contributed by atoms with Gasteiger partial charge in [-0.15, -0.1) is 0 Å². The Morgan fingerprint density at radius 2 is 1.94 bits per heavy atom. The van der Waals surface area contributed by atoms with Crippen LogP contribution < -0.4 is 0 Å². The monoisotopic (exact) mass is 263 g/mol. The molecule has 1 aromatic rings. The standard InChI is InChI=1S/C16H25NS/c1-11(2)14-6-8-18-7-5-13-9-17-10-15(12(3)4)16(13)14/h9-12,14H,5-8H2,1-4H3. The van der Waals surface area contributed by atoms with Crippen LogP contribution in [0.15, 0.2) is 12.4 Å². The summed E-state index contributed by atoms with van der Waals surface area (Å²) in [4.78, 5) is 4.48. The second-order valence-electron chi connectivity index (χ2n) is 5.96. The summed E-state index contributed by atoms with van der Waals surface area (Å²) in [5, 5.41) is 0. The zero-order valence-electron chi connectivity index (χ0n) is 12.1. The topological polar surface area (TPSA) is 12.9 Å². The van der Waals surface area contributed by atoms with Gasteiger partial charge in [0.25, 0.3) is 0 Å². The molecule has 2 heteroatoms. The van der Waals surface area contributed by atoms with E-state index in [1.165, 1.54) is 35.5 Å². The van der Waals surface area contributed by atoms with E-state index < -0.39 is 0 Å². The van der Waals surface area contributed by atoms with Crippen molar-refractivity contribution in [3.8, 4) is 0 Å². The molecule has 0 aromatic carbocycles. The van der Waals surface area contributed by atoms with Crippen LogP contribution in [0.5, 0.6) is 0 Å². The van der Waals surface area contributed by atoms with Gasteiger partial charge >= 0.3 is 0 Å². The van der Waals surface area contributed by atoms with Gasteiger partial charge in [-0.05, 0) is 58.8 Å². The predicted octanol–water partition coefficient (Wildman–Crippen LogP) is 4.62. The molecule has 0 spiro atoms. The average Bonchev–Trinajstić information content (AvgIpc) is 2.28. The van der Waals surface area contributed by atoms with Crippen molar-refractivity contribution in [1.82, 2.24) is 4.98 Å². The van der Waals surface area contributed by atoms with Crippen molar-refractivity contribution in [3.05, 3.63) is 29.1 Å².